The normalized spacial score (nSPS) is 23.4. The van der Waals surface area contributed by atoms with Crippen LogP contribution in [0.15, 0.2) is 18.3 Å². The number of anilines is 1. The van der Waals surface area contributed by atoms with Crippen molar-refractivity contribution in [2.45, 2.75) is 25.3 Å². The molecule has 0 spiro atoms. The summed E-state index contributed by atoms with van der Waals surface area (Å²) in [5.74, 6) is 0.523. The van der Waals surface area contributed by atoms with Crippen molar-refractivity contribution in [1.82, 2.24) is 10.3 Å². The number of hydrogen-bond donors (Lipinski definition) is 2. The number of amides is 1. The summed E-state index contributed by atoms with van der Waals surface area (Å²) in [4.78, 5) is 16.1. The van der Waals surface area contributed by atoms with Gasteiger partial charge in [-0.2, -0.15) is 0 Å². The standard InChI is InChI=1S/C12H17N3O2/c1-12(6-3-7-14-12)11(16)15-9-4-5-10(17-2)13-8-9/h4-5,8,14H,3,6-7H2,1-2H3,(H,15,16). The molecule has 17 heavy (non-hydrogen) atoms. The molecule has 1 fully saturated rings. The van der Waals surface area contributed by atoms with Crippen LogP contribution in [0.5, 0.6) is 5.88 Å². The van der Waals surface area contributed by atoms with E-state index < -0.39 is 5.54 Å². The SMILES string of the molecule is COc1ccc(NC(=O)C2(C)CCCN2)cn1. The fourth-order valence-corrected chi connectivity index (χ4v) is 1.93. The highest BCUT2D eigenvalue weighted by molar-refractivity contribution is 5.97. The molecule has 5 heteroatoms. The number of methoxy groups -OCH3 is 1. The number of aromatic nitrogens is 1. The monoisotopic (exact) mass is 235 g/mol. The first-order valence-electron chi connectivity index (χ1n) is 5.70. The Morgan fingerprint density at radius 1 is 1.59 bits per heavy atom. The molecule has 1 saturated heterocycles. The minimum Gasteiger partial charge on any atom is -0.481 e. The highest BCUT2D eigenvalue weighted by atomic mass is 16.5. The average molecular weight is 235 g/mol. The molecule has 1 amide bonds. The summed E-state index contributed by atoms with van der Waals surface area (Å²) in [6, 6.07) is 3.50. The van der Waals surface area contributed by atoms with Gasteiger partial charge < -0.3 is 15.4 Å². The molecule has 0 aromatic carbocycles. The van der Waals surface area contributed by atoms with E-state index in [1.807, 2.05) is 6.92 Å². The van der Waals surface area contributed by atoms with Gasteiger partial charge in [-0.15, -0.1) is 0 Å². The quantitative estimate of drug-likeness (QED) is 0.825. The van der Waals surface area contributed by atoms with Gasteiger partial charge in [-0.3, -0.25) is 4.79 Å². The maximum Gasteiger partial charge on any atom is 0.244 e. The van der Waals surface area contributed by atoms with Crippen LogP contribution in [0.1, 0.15) is 19.8 Å². The van der Waals surface area contributed by atoms with Gasteiger partial charge in [0, 0.05) is 6.07 Å². The lowest BCUT2D eigenvalue weighted by Crippen LogP contribution is -2.47. The van der Waals surface area contributed by atoms with Crippen LogP contribution in [-0.4, -0.2) is 30.1 Å². The van der Waals surface area contributed by atoms with Crippen molar-refractivity contribution in [3.05, 3.63) is 18.3 Å². The molecule has 1 aromatic rings. The second kappa shape index (κ2) is 4.71. The summed E-state index contributed by atoms with van der Waals surface area (Å²) in [6.07, 6.45) is 3.49. The molecule has 1 aliphatic rings. The van der Waals surface area contributed by atoms with E-state index in [2.05, 4.69) is 15.6 Å². The minimum atomic E-state index is -0.458. The zero-order valence-corrected chi connectivity index (χ0v) is 10.1. The number of hydrogen-bond acceptors (Lipinski definition) is 4. The zero-order chi connectivity index (χ0) is 12.3. The summed E-state index contributed by atoms with van der Waals surface area (Å²) in [5.41, 5.74) is 0.227. The molecule has 0 radical (unpaired) electrons. The number of carbonyl (C=O) groups excluding carboxylic acids is 1. The lowest BCUT2D eigenvalue weighted by Gasteiger charge is -2.22. The van der Waals surface area contributed by atoms with Gasteiger partial charge in [-0.25, -0.2) is 4.98 Å². The van der Waals surface area contributed by atoms with Gasteiger partial charge >= 0.3 is 0 Å². The van der Waals surface area contributed by atoms with Crippen molar-refractivity contribution in [1.29, 1.82) is 0 Å². The van der Waals surface area contributed by atoms with E-state index >= 15 is 0 Å². The average Bonchev–Trinajstić information content (AvgIpc) is 2.78. The summed E-state index contributed by atoms with van der Waals surface area (Å²) in [6.45, 7) is 2.82. The number of carbonyl (C=O) groups is 1. The lowest BCUT2D eigenvalue weighted by molar-refractivity contribution is -0.121. The van der Waals surface area contributed by atoms with E-state index in [0.29, 0.717) is 11.6 Å². The van der Waals surface area contributed by atoms with E-state index in [1.165, 1.54) is 0 Å². The molecule has 2 rings (SSSR count). The van der Waals surface area contributed by atoms with Crippen LogP contribution in [-0.2, 0) is 4.79 Å². The molecule has 0 saturated carbocycles. The predicted molar refractivity (Wildman–Crippen MR) is 65.1 cm³/mol. The Bertz CT molecular complexity index is 397. The van der Waals surface area contributed by atoms with Crippen molar-refractivity contribution in [3.8, 4) is 5.88 Å². The molecule has 2 heterocycles. The van der Waals surface area contributed by atoms with Crippen LogP contribution in [0.2, 0.25) is 0 Å². The zero-order valence-electron chi connectivity index (χ0n) is 10.1. The molecule has 5 nitrogen and oxygen atoms in total. The van der Waals surface area contributed by atoms with E-state index in [1.54, 1.807) is 25.4 Å². The van der Waals surface area contributed by atoms with Crippen LogP contribution in [0.3, 0.4) is 0 Å². The largest absolute Gasteiger partial charge is 0.481 e. The van der Waals surface area contributed by atoms with E-state index in [0.717, 1.165) is 19.4 Å². The van der Waals surface area contributed by atoms with Crippen LogP contribution < -0.4 is 15.4 Å². The van der Waals surface area contributed by atoms with Gasteiger partial charge in [0.25, 0.3) is 0 Å². The third kappa shape index (κ3) is 2.55. The molecular weight excluding hydrogens is 218 g/mol. The Morgan fingerprint density at radius 2 is 2.41 bits per heavy atom. The lowest BCUT2D eigenvalue weighted by atomic mass is 9.99. The molecule has 0 aliphatic carbocycles. The first-order valence-corrected chi connectivity index (χ1v) is 5.70. The van der Waals surface area contributed by atoms with Gasteiger partial charge in [-0.05, 0) is 32.4 Å². The van der Waals surface area contributed by atoms with Gasteiger partial charge in [0.1, 0.15) is 0 Å². The topological polar surface area (TPSA) is 63.2 Å². The molecule has 2 N–H and O–H groups in total. The second-order valence-electron chi connectivity index (χ2n) is 4.41. The summed E-state index contributed by atoms with van der Waals surface area (Å²) >= 11 is 0. The van der Waals surface area contributed by atoms with Crippen LogP contribution in [0.25, 0.3) is 0 Å². The van der Waals surface area contributed by atoms with E-state index in [9.17, 15) is 4.79 Å². The summed E-state index contributed by atoms with van der Waals surface area (Å²) in [7, 11) is 1.56. The molecule has 92 valence electrons. The molecule has 1 unspecified atom stereocenters. The second-order valence-corrected chi connectivity index (χ2v) is 4.41. The van der Waals surface area contributed by atoms with Crippen molar-refractivity contribution in [2.75, 3.05) is 19.0 Å². The van der Waals surface area contributed by atoms with Gasteiger partial charge in [0.05, 0.1) is 24.5 Å². The van der Waals surface area contributed by atoms with Crippen LogP contribution >= 0.6 is 0 Å². The fourth-order valence-electron chi connectivity index (χ4n) is 1.93. The minimum absolute atomic E-state index is 0.0121. The van der Waals surface area contributed by atoms with Crippen LogP contribution in [0.4, 0.5) is 5.69 Å². The highest BCUT2D eigenvalue weighted by Gasteiger charge is 2.35. The van der Waals surface area contributed by atoms with E-state index in [-0.39, 0.29) is 5.91 Å². The van der Waals surface area contributed by atoms with Gasteiger partial charge in [0.15, 0.2) is 0 Å². The molecular formula is C12H17N3O2. The number of nitrogens with one attached hydrogen (secondary N) is 2. The predicted octanol–water partition coefficient (Wildman–Crippen LogP) is 1.17. The van der Waals surface area contributed by atoms with Gasteiger partial charge in [-0.1, -0.05) is 0 Å². The van der Waals surface area contributed by atoms with Crippen molar-refractivity contribution in [3.63, 3.8) is 0 Å². The summed E-state index contributed by atoms with van der Waals surface area (Å²) in [5, 5.41) is 6.07. The third-order valence-electron chi connectivity index (χ3n) is 3.07. The Labute approximate surface area is 101 Å². The first kappa shape index (κ1) is 11.9. The molecule has 1 aromatic heterocycles. The Hall–Kier alpha value is -1.62. The maximum atomic E-state index is 12.1. The third-order valence-corrected chi connectivity index (χ3v) is 3.07. The fraction of sp³-hybridized carbons (Fsp3) is 0.500. The highest BCUT2D eigenvalue weighted by Crippen LogP contribution is 2.21. The Kier molecular flexibility index (Phi) is 3.28. The van der Waals surface area contributed by atoms with E-state index in [4.69, 9.17) is 4.74 Å². The summed E-state index contributed by atoms with van der Waals surface area (Å²) < 4.78 is 4.96. The molecule has 1 atom stereocenters. The van der Waals surface area contributed by atoms with Gasteiger partial charge in [0.2, 0.25) is 11.8 Å². The number of ether oxygens (including phenoxy) is 1. The molecule has 1 aliphatic heterocycles. The van der Waals surface area contributed by atoms with Crippen molar-refractivity contribution < 1.29 is 9.53 Å². The van der Waals surface area contributed by atoms with Crippen molar-refractivity contribution >= 4 is 11.6 Å². The van der Waals surface area contributed by atoms with Crippen LogP contribution in [0, 0.1) is 0 Å². The number of pyridine rings is 1. The Balaban J connectivity index is 2.02. The Morgan fingerprint density at radius 3 is 2.94 bits per heavy atom. The maximum absolute atomic E-state index is 12.1. The first-order chi connectivity index (χ1) is 8.14. The van der Waals surface area contributed by atoms with Crippen molar-refractivity contribution in [2.24, 2.45) is 0 Å². The smallest absolute Gasteiger partial charge is 0.244 e. The molecule has 0 bridgehead atoms. The number of rotatable bonds is 3. The number of nitrogens with zero attached hydrogens (tertiary/aromatic N) is 1.